The fourth-order valence-corrected chi connectivity index (χ4v) is 6.76. The highest BCUT2D eigenvalue weighted by Gasteiger charge is 2.19. The summed E-state index contributed by atoms with van der Waals surface area (Å²) in [5.41, 5.74) is 0. The molecule has 0 bridgehead atoms. The van der Waals surface area contributed by atoms with Crippen LogP contribution in [0.4, 0.5) is 0 Å². The Balaban J connectivity index is 3.05. The molecule has 36 heavy (non-hydrogen) atoms. The SMILES string of the molecule is C[Si](Cl)(Cl)CCCCCCCCCCCCCCCCCCCCCCCCCCCCCN=C=O. The van der Waals surface area contributed by atoms with Crippen LogP contribution in [0.25, 0.3) is 0 Å². The van der Waals surface area contributed by atoms with Crippen LogP contribution in [0.15, 0.2) is 4.99 Å². The summed E-state index contributed by atoms with van der Waals surface area (Å²) in [5, 5.41) is 0. The Morgan fingerprint density at radius 2 is 0.667 bits per heavy atom. The molecule has 0 spiro atoms. The molecule has 0 fully saturated rings. The van der Waals surface area contributed by atoms with E-state index < -0.39 is 6.69 Å². The van der Waals surface area contributed by atoms with Gasteiger partial charge in [-0.25, -0.2) is 9.79 Å². The summed E-state index contributed by atoms with van der Waals surface area (Å²) < 4.78 is 0. The molecule has 0 atom stereocenters. The lowest BCUT2D eigenvalue weighted by Gasteiger charge is -2.09. The van der Waals surface area contributed by atoms with Gasteiger partial charge in [0.25, 0.3) is 0 Å². The van der Waals surface area contributed by atoms with E-state index in [-0.39, 0.29) is 0 Å². The lowest BCUT2D eigenvalue weighted by atomic mass is 10.0. The van der Waals surface area contributed by atoms with Crippen molar-refractivity contribution < 1.29 is 4.79 Å². The molecular formula is C31H61Cl2NOSi. The van der Waals surface area contributed by atoms with E-state index in [1.807, 2.05) is 6.55 Å². The highest BCUT2D eigenvalue weighted by Crippen LogP contribution is 2.23. The van der Waals surface area contributed by atoms with Crippen molar-refractivity contribution >= 4 is 34.9 Å². The van der Waals surface area contributed by atoms with Gasteiger partial charge in [-0.3, -0.25) is 0 Å². The summed E-state index contributed by atoms with van der Waals surface area (Å²) in [4.78, 5) is 13.6. The van der Waals surface area contributed by atoms with Gasteiger partial charge in [-0.1, -0.05) is 167 Å². The number of nitrogens with zero attached hydrogens (tertiary/aromatic N) is 1. The van der Waals surface area contributed by atoms with Gasteiger partial charge < -0.3 is 0 Å². The van der Waals surface area contributed by atoms with Gasteiger partial charge in [0, 0.05) is 0 Å². The van der Waals surface area contributed by atoms with Crippen LogP contribution >= 0.6 is 22.2 Å². The van der Waals surface area contributed by atoms with E-state index in [4.69, 9.17) is 22.2 Å². The van der Waals surface area contributed by atoms with Gasteiger partial charge in [-0.05, 0) is 19.0 Å². The zero-order valence-corrected chi connectivity index (χ0v) is 26.6. The summed E-state index contributed by atoms with van der Waals surface area (Å²) >= 11 is 12.3. The molecule has 214 valence electrons. The topological polar surface area (TPSA) is 29.4 Å². The molecule has 0 aromatic carbocycles. The summed E-state index contributed by atoms with van der Waals surface area (Å²) in [6, 6.07) is 1.06. The van der Waals surface area contributed by atoms with E-state index in [9.17, 15) is 4.79 Å². The van der Waals surface area contributed by atoms with Gasteiger partial charge in [0.1, 0.15) is 0 Å². The molecule has 0 heterocycles. The first-order chi connectivity index (χ1) is 17.6. The first-order valence-corrected chi connectivity index (χ1v) is 20.7. The molecule has 2 nitrogen and oxygen atoms in total. The number of aliphatic imine (C=N–C) groups is 1. The second-order valence-corrected chi connectivity index (χ2v) is 19.6. The first kappa shape index (κ1) is 36.2. The second-order valence-electron chi connectivity index (χ2n) is 11.3. The molecule has 0 N–H and O–H groups in total. The predicted molar refractivity (Wildman–Crippen MR) is 166 cm³/mol. The lowest BCUT2D eigenvalue weighted by molar-refractivity contribution is 0.514. The summed E-state index contributed by atoms with van der Waals surface area (Å²) in [5.74, 6) is 0. The van der Waals surface area contributed by atoms with Gasteiger partial charge in [-0.15, -0.1) is 22.2 Å². The highest BCUT2D eigenvalue weighted by molar-refractivity contribution is 7.44. The van der Waals surface area contributed by atoms with Crippen molar-refractivity contribution in [1.29, 1.82) is 0 Å². The Hall–Kier alpha value is 0.177. The van der Waals surface area contributed by atoms with Crippen molar-refractivity contribution in [3.05, 3.63) is 0 Å². The lowest BCUT2D eigenvalue weighted by Crippen LogP contribution is -2.11. The molecule has 0 saturated carbocycles. The standard InChI is InChI=1S/C31H61Cl2NOSi/c1-36(32,33)30-28-26-24-22-20-18-16-14-12-10-8-6-4-2-3-5-7-9-11-13-15-17-19-21-23-25-27-29-34-31-35/h2-30H2,1H3. The Labute approximate surface area is 236 Å². The second kappa shape index (κ2) is 29.7. The molecule has 0 amide bonds. The smallest absolute Gasteiger partial charge is 0.211 e. The van der Waals surface area contributed by atoms with E-state index in [0.717, 1.165) is 12.5 Å². The van der Waals surface area contributed by atoms with E-state index in [0.29, 0.717) is 6.54 Å². The third kappa shape index (κ3) is 34.2. The minimum Gasteiger partial charge on any atom is -0.211 e. The Morgan fingerprint density at radius 3 is 0.889 bits per heavy atom. The third-order valence-electron chi connectivity index (χ3n) is 7.45. The Kier molecular flexibility index (Phi) is 29.9. The molecule has 0 aromatic heterocycles. The van der Waals surface area contributed by atoms with Crippen LogP contribution in [0, 0.1) is 0 Å². The van der Waals surface area contributed by atoms with Crippen molar-refractivity contribution in [2.45, 2.75) is 186 Å². The molecule has 0 radical (unpaired) electrons. The number of isocyanates is 1. The van der Waals surface area contributed by atoms with Crippen molar-refractivity contribution in [2.75, 3.05) is 6.54 Å². The van der Waals surface area contributed by atoms with Gasteiger partial charge in [0.2, 0.25) is 12.8 Å². The van der Waals surface area contributed by atoms with Crippen LogP contribution in [0.3, 0.4) is 0 Å². The van der Waals surface area contributed by atoms with Crippen LogP contribution in [0.5, 0.6) is 0 Å². The molecule has 0 aliphatic heterocycles. The minimum absolute atomic E-state index is 0.665. The van der Waals surface area contributed by atoms with E-state index in [2.05, 4.69) is 4.99 Å². The molecule has 0 unspecified atom stereocenters. The van der Waals surface area contributed by atoms with Gasteiger partial charge in [0.15, 0.2) is 0 Å². The van der Waals surface area contributed by atoms with Crippen molar-refractivity contribution in [1.82, 2.24) is 0 Å². The molecule has 0 saturated heterocycles. The number of carbonyl (C=O) groups excluding carboxylic acids is 1. The van der Waals surface area contributed by atoms with E-state index >= 15 is 0 Å². The number of hydrogen-bond acceptors (Lipinski definition) is 2. The maximum Gasteiger partial charge on any atom is 0.248 e. The quantitative estimate of drug-likeness (QED) is 0.0281. The normalized spacial score (nSPS) is 11.6. The average molecular weight is 563 g/mol. The average Bonchev–Trinajstić information content (AvgIpc) is 2.84. The fraction of sp³-hybridized carbons (Fsp3) is 0.968. The monoisotopic (exact) mass is 561 g/mol. The Bertz CT molecular complexity index is 478. The van der Waals surface area contributed by atoms with E-state index in [1.54, 1.807) is 6.08 Å². The molecular weight excluding hydrogens is 501 g/mol. The molecule has 0 aromatic rings. The van der Waals surface area contributed by atoms with Gasteiger partial charge in [0.05, 0.1) is 6.54 Å². The van der Waals surface area contributed by atoms with Gasteiger partial charge in [-0.2, -0.15) is 0 Å². The summed E-state index contributed by atoms with van der Waals surface area (Å²) in [6.45, 7) is 0.855. The largest absolute Gasteiger partial charge is 0.248 e. The predicted octanol–water partition coefficient (Wildman–Crippen LogP) is 12.4. The zero-order chi connectivity index (χ0) is 26.4. The zero-order valence-electron chi connectivity index (χ0n) is 24.1. The number of halogens is 2. The highest BCUT2D eigenvalue weighted by atomic mass is 35.7. The first-order valence-electron chi connectivity index (χ1n) is 16.0. The van der Waals surface area contributed by atoms with Crippen molar-refractivity contribution in [3.8, 4) is 0 Å². The number of rotatable bonds is 30. The van der Waals surface area contributed by atoms with Crippen LogP contribution < -0.4 is 0 Å². The minimum atomic E-state index is -1.84. The van der Waals surface area contributed by atoms with Gasteiger partial charge >= 0.3 is 0 Å². The molecule has 5 heteroatoms. The van der Waals surface area contributed by atoms with Crippen LogP contribution in [0.2, 0.25) is 12.6 Å². The number of unbranched alkanes of at least 4 members (excludes halogenated alkanes) is 26. The molecule has 0 aliphatic carbocycles. The van der Waals surface area contributed by atoms with Crippen LogP contribution in [-0.4, -0.2) is 19.3 Å². The molecule has 0 rings (SSSR count). The van der Waals surface area contributed by atoms with Crippen molar-refractivity contribution in [3.63, 3.8) is 0 Å². The fourth-order valence-electron chi connectivity index (χ4n) is 5.09. The maximum atomic E-state index is 9.98. The maximum absolute atomic E-state index is 9.98. The van der Waals surface area contributed by atoms with E-state index in [1.165, 1.54) is 167 Å². The van der Waals surface area contributed by atoms with Crippen molar-refractivity contribution in [2.24, 2.45) is 4.99 Å². The Morgan fingerprint density at radius 1 is 0.444 bits per heavy atom. The summed E-state index contributed by atoms with van der Waals surface area (Å²) in [7, 11) is 0. The number of hydrogen-bond donors (Lipinski definition) is 0. The molecule has 0 aliphatic rings. The van der Waals surface area contributed by atoms with Crippen LogP contribution in [-0.2, 0) is 4.79 Å². The third-order valence-corrected chi connectivity index (χ3v) is 9.82. The van der Waals surface area contributed by atoms with Crippen LogP contribution in [0.1, 0.15) is 173 Å². The summed E-state index contributed by atoms with van der Waals surface area (Å²) in [6.07, 6.45) is 39.1.